The van der Waals surface area contributed by atoms with Gasteiger partial charge >= 0.3 is 5.97 Å². The van der Waals surface area contributed by atoms with Crippen LogP contribution in [0.2, 0.25) is 0 Å². The quantitative estimate of drug-likeness (QED) is 0.0555. The highest BCUT2D eigenvalue weighted by Crippen LogP contribution is 2.31. The number of furan rings is 1. The fourth-order valence-corrected chi connectivity index (χ4v) is 5.36. The molecule has 0 saturated carbocycles. The average Bonchev–Trinajstić information content (AvgIpc) is 3.34. The zero-order valence-corrected chi connectivity index (χ0v) is 23.7. The molecule has 0 unspecified atom stereocenters. The summed E-state index contributed by atoms with van der Waals surface area (Å²) < 4.78 is 5.94. The third-order valence-corrected chi connectivity index (χ3v) is 7.62. The number of nitrogens with zero attached hydrogens (tertiary/aromatic N) is 1. The van der Waals surface area contributed by atoms with Gasteiger partial charge in [0.05, 0.1) is 5.71 Å². The molecular formula is C33H35NO4S. The van der Waals surface area contributed by atoms with Crippen LogP contribution in [-0.4, -0.2) is 17.5 Å². The predicted octanol–water partition coefficient (Wildman–Crippen LogP) is 9.01. The molecule has 0 aliphatic rings. The van der Waals surface area contributed by atoms with E-state index in [1.807, 2.05) is 79.7 Å². The Morgan fingerprint density at radius 1 is 0.821 bits per heavy atom. The van der Waals surface area contributed by atoms with E-state index in [-0.39, 0.29) is 5.78 Å². The van der Waals surface area contributed by atoms with Crippen molar-refractivity contribution in [2.24, 2.45) is 5.16 Å². The van der Waals surface area contributed by atoms with Crippen molar-refractivity contribution in [2.45, 2.75) is 75.5 Å². The zero-order valence-electron chi connectivity index (χ0n) is 22.9. The summed E-state index contributed by atoms with van der Waals surface area (Å²) in [5, 5.41) is 5.12. The van der Waals surface area contributed by atoms with E-state index in [0.29, 0.717) is 11.3 Å². The number of rotatable bonds is 13. The zero-order chi connectivity index (χ0) is 27.6. The summed E-state index contributed by atoms with van der Waals surface area (Å²) in [6, 6.07) is 23.5. The maximum Gasteiger partial charge on any atom is 0.331 e. The summed E-state index contributed by atoms with van der Waals surface area (Å²) in [7, 11) is 0. The van der Waals surface area contributed by atoms with Gasteiger partial charge in [0, 0.05) is 33.2 Å². The van der Waals surface area contributed by atoms with Crippen molar-refractivity contribution in [2.75, 3.05) is 0 Å². The highest BCUT2D eigenvalue weighted by atomic mass is 32.2. The standard InChI is InChI=1S/C33H35NO4S/c1-4-6-7-8-9-13-30(34-38-23(3)35)24-15-19-26(20-16-24)39-27-21-17-25(18-22-27)32(36)33-28(5-2)29-12-10-11-14-31(29)37-33/h10-12,14-22H,4-9,13H2,1-3H3/b34-30+. The van der Waals surface area contributed by atoms with Crippen LogP contribution >= 0.6 is 11.8 Å². The maximum atomic E-state index is 13.2. The molecule has 0 spiro atoms. The lowest BCUT2D eigenvalue weighted by Crippen LogP contribution is -2.04. The van der Waals surface area contributed by atoms with Gasteiger partial charge in [-0.3, -0.25) is 4.79 Å². The Kier molecular flexibility index (Phi) is 10.1. The highest BCUT2D eigenvalue weighted by Gasteiger charge is 2.20. The molecule has 0 amide bonds. The number of fused-ring (bicyclic) bond motifs is 1. The lowest BCUT2D eigenvalue weighted by Gasteiger charge is -2.08. The molecule has 4 aromatic rings. The van der Waals surface area contributed by atoms with Crippen molar-refractivity contribution in [1.82, 2.24) is 0 Å². The van der Waals surface area contributed by atoms with Gasteiger partial charge < -0.3 is 9.25 Å². The van der Waals surface area contributed by atoms with Crippen LogP contribution in [0, 0.1) is 0 Å². The summed E-state index contributed by atoms with van der Waals surface area (Å²) in [6.45, 7) is 5.60. The average molecular weight is 542 g/mol. The molecule has 0 fully saturated rings. The molecule has 1 heterocycles. The molecule has 3 aromatic carbocycles. The molecule has 0 aliphatic heterocycles. The van der Waals surface area contributed by atoms with Crippen molar-refractivity contribution in [1.29, 1.82) is 0 Å². The van der Waals surface area contributed by atoms with Gasteiger partial charge in [-0.05, 0) is 67.3 Å². The van der Waals surface area contributed by atoms with Crippen LogP contribution in [0.3, 0.4) is 0 Å². The predicted molar refractivity (Wildman–Crippen MR) is 158 cm³/mol. The molecule has 1 aromatic heterocycles. The third-order valence-electron chi connectivity index (χ3n) is 6.60. The number of hydrogen-bond donors (Lipinski definition) is 0. The molecule has 0 atom stereocenters. The molecule has 0 bridgehead atoms. The van der Waals surface area contributed by atoms with Gasteiger partial charge in [-0.25, -0.2) is 4.79 Å². The molecule has 39 heavy (non-hydrogen) atoms. The van der Waals surface area contributed by atoms with E-state index < -0.39 is 5.97 Å². The molecular weight excluding hydrogens is 506 g/mol. The molecule has 5 nitrogen and oxygen atoms in total. The maximum absolute atomic E-state index is 13.2. The second-order valence-electron chi connectivity index (χ2n) is 9.52. The first-order valence-electron chi connectivity index (χ1n) is 13.7. The van der Waals surface area contributed by atoms with Gasteiger partial charge in [0.1, 0.15) is 5.58 Å². The van der Waals surface area contributed by atoms with Crippen molar-refractivity contribution >= 4 is 40.2 Å². The lowest BCUT2D eigenvalue weighted by atomic mass is 10.0. The van der Waals surface area contributed by atoms with Crippen LogP contribution in [0.5, 0.6) is 0 Å². The van der Waals surface area contributed by atoms with Crippen LogP contribution in [0.1, 0.15) is 86.5 Å². The Labute approximate surface area is 234 Å². The van der Waals surface area contributed by atoms with Crippen molar-refractivity contribution in [3.8, 4) is 0 Å². The smallest absolute Gasteiger partial charge is 0.331 e. The van der Waals surface area contributed by atoms with E-state index in [1.54, 1.807) is 11.8 Å². The fraction of sp³-hybridized carbons (Fsp3) is 0.303. The van der Waals surface area contributed by atoms with Crippen molar-refractivity contribution in [3.05, 3.63) is 95.2 Å². The largest absolute Gasteiger partial charge is 0.452 e. The summed E-state index contributed by atoms with van der Waals surface area (Å²) in [5.74, 6) is -0.0941. The molecule has 0 saturated heterocycles. The van der Waals surface area contributed by atoms with E-state index in [1.165, 1.54) is 26.2 Å². The van der Waals surface area contributed by atoms with E-state index in [2.05, 4.69) is 12.1 Å². The van der Waals surface area contributed by atoms with Crippen molar-refractivity contribution < 1.29 is 18.8 Å². The third kappa shape index (κ3) is 7.48. The van der Waals surface area contributed by atoms with Gasteiger partial charge in [-0.15, -0.1) is 0 Å². The monoisotopic (exact) mass is 541 g/mol. The number of benzene rings is 3. The molecule has 0 radical (unpaired) electrons. The first-order valence-corrected chi connectivity index (χ1v) is 14.5. The normalized spacial score (nSPS) is 11.6. The summed E-state index contributed by atoms with van der Waals surface area (Å²) in [4.78, 5) is 31.6. The van der Waals surface area contributed by atoms with Crippen LogP contribution in [-0.2, 0) is 16.1 Å². The number of carbonyl (C=O) groups is 2. The van der Waals surface area contributed by atoms with Gasteiger partial charge in [-0.1, -0.05) is 86.8 Å². The van der Waals surface area contributed by atoms with Gasteiger partial charge in [-0.2, -0.15) is 0 Å². The van der Waals surface area contributed by atoms with E-state index in [4.69, 9.17) is 9.25 Å². The Bertz CT molecular complexity index is 1440. The SMILES string of the molecule is CCCCCCC/C(=N\OC(C)=O)c1ccc(Sc2ccc(C(=O)c3oc4ccccc4c3CC)cc2)cc1. The summed E-state index contributed by atoms with van der Waals surface area (Å²) >= 11 is 1.62. The Hall–Kier alpha value is -3.64. The number of unbranched alkanes of at least 4 members (excludes halogenated alkanes) is 4. The second-order valence-corrected chi connectivity index (χ2v) is 10.7. The first kappa shape index (κ1) is 28.4. The minimum absolute atomic E-state index is 0.0988. The summed E-state index contributed by atoms with van der Waals surface area (Å²) in [6.07, 6.45) is 7.28. The molecule has 4 rings (SSSR count). The van der Waals surface area contributed by atoms with Crippen LogP contribution in [0.4, 0.5) is 0 Å². The number of para-hydroxylation sites is 1. The minimum atomic E-state index is -0.418. The molecule has 6 heteroatoms. The lowest BCUT2D eigenvalue weighted by molar-refractivity contribution is -0.140. The van der Waals surface area contributed by atoms with Crippen LogP contribution < -0.4 is 0 Å². The Morgan fingerprint density at radius 2 is 1.46 bits per heavy atom. The molecule has 202 valence electrons. The van der Waals surface area contributed by atoms with E-state index in [9.17, 15) is 9.59 Å². The number of carbonyl (C=O) groups excluding carboxylic acids is 2. The van der Waals surface area contributed by atoms with Gasteiger partial charge in [0.2, 0.25) is 5.78 Å². The topological polar surface area (TPSA) is 68.9 Å². The molecule has 0 aliphatic carbocycles. The Morgan fingerprint density at radius 3 is 2.10 bits per heavy atom. The van der Waals surface area contributed by atoms with Gasteiger partial charge in [0.15, 0.2) is 5.76 Å². The number of hydrogen-bond acceptors (Lipinski definition) is 6. The fourth-order valence-electron chi connectivity index (χ4n) is 4.55. The van der Waals surface area contributed by atoms with Crippen LogP contribution in [0.25, 0.3) is 11.0 Å². The van der Waals surface area contributed by atoms with Crippen molar-refractivity contribution in [3.63, 3.8) is 0 Å². The van der Waals surface area contributed by atoms with E-state index >= 15 is 0 Å². The Balaban J connectivity index is 1.43. The summed E-state index contributed by atoms with van der Waals surface area (Å²) in [5.41, 5.74) is 4.04. The van der Waals surface area contributed by atoms with Crippen LogP contribution in [0.15, 0.2) is 92.2 Å². The van der Waals surface area contributed by atoms with E-state index in [0.717, 1.165) is 63.3 Å². The number of aryl methyl sites for hydroxylation is 1. The minimum Gasteiger partial charge on any atom is -0.452 e. The second kappa shape index (κ2) is 13.9. The highest BCUT2D eigenvalue weighted by molar-refractivity contribution is 7.99. The number of oxime groups is 1. The molecule has 0 N–H and O–H groups in total. The first-order chi connectivity index (χ1) is 19.0. The van der Waals surface area contributed by atoms with Gasteiger partial charge in [0.25, 0.3) is 0 Å². The number of ketones is 1.